The lowest BCUT2D eigenvalue weighted by Gasteiger charge is -2.34. The molecule has 2 unspecified atom stereocenters. The van der Waals surface area contributed by atoms with E-state index >= 15 is 0 Å². The van der Waals surface area contributed by atoms with Crippen LogP contribution < -0.4 is 16.4 Å². The van der Waals surface area contributed by atoms with Gasteiger partial charge in [0.2, 0.25) is 17.7 Å². The first kappa shape index (κ1) is 32.4. The Kier molecular flexibility index (Phi) is 12.7. The summed E-state index contributed by atoms with van der Waals surface area (Å²) in [6, 6.07) is 3.22. The second kappa shape index (κ2) is 14.9. The quantitative estimate of drug-likeness (QED) is 0.328. The number of aryl methyl sites for hydroxylation is 2. The number of benzene rings is 1. The molecule has 0 aliphatic carbocycles. The van der Waals surface area contributed by atoms with E-state index in [1.54, 1.807) is 32.9 Å². The molecular weight excluding hydrogens is 492 g/mol. The number of methoxy groups -OCH3 is 1. The van der Waals surface area contributed by atoms with Crippen LogP contribution in [0.15, 0.2) is 18.2 Å². The number of amides is 4. The number of carbonyl (C=O) groups excluding carboxylic acids is 5. The Morgan fingerprint density at radius 1 is 1.05 bits per heavy atom. The first-order valence-electron chi connectivity index (χ1n) is 12.7. The highest BCUT2D eigenvalue weighted by molar-refractivity contribution is 5.93. The fraction of sp³-hybridized carbons (Fsp3) is 0.593. The minimum atomic E-state index is -1.18. The number of nitrogens with zero attached hydrogens (tertiary/aromatic N) is 1. The van der Waals surface area contributed by atoms with E-state index in [4.69, 9.17) is 10.5 Å². The Labute approximate surface area is 224 Å². The van der Waals surface area contributed by atoms with Crippen molar-refractivity contribution in [2.24, 2.45) is 5.73 Å². The molecule has 2 atom stereocenters. The van der Waals surface area contributed by atoms with Gasteiger partial charge in [-0.2, -0.15) is 0 Å². The lowest BCUT2D eigenvalue weighted by Crippen LogP contribution is -2.53. The molecule has 4 amide bonds. The Balaban J connectivity index is 3.54. The van der Waals surface area contributed by atoms with Crippen molar-refractivity contribution in [1.29, 1.82) is 0 Å². The highest BCUT2D eigenvalue weighted by atomic mass is 16.6. The van der Waals surface area contributed by atoms with Crippen LogP contribution >= 0.6 is 0 Å². The van der Waals surface area contributed by atoms with E-state index in [0.29, 0.717) is 12.0 Å². The van der Waals surface area contributed by atoms with Crippen molar-refractivity contribution in [3.05, 3.63) is 34.9 Å². The number of nitrogens with two attached hydrogens (primary N) is 1. The molecule has 0 aliphatic rings. The molecule has 11 nitrogen and oxygen atoms in total. The molecule has 0 saturated carbocycles. The average molecular weight is 535 g/mol. The van der Waals surface area contributed by atoms with Crippen LogP contribution in [0.4, 0.5) is 4.79 Å². The minimum absolute atomic E-state index is 0.0839. The number of primary amides is 1. The lowest BCUT2D eigenvalue weighted by molar-refractivity contribution is -0.145. The van der Waals surface area contributed by atoms with Crippen molar-refractivity contribution in [2.45, 2.75) is 84.9 Å². The van der Waals surface area contributed by atoms with Crippen LogP contribution in [0.25, 0.3) is 0 Å². The topological polar surface area (TPSA) is 157 Å². The first-order chi connectivity index (χ1) is 17.7. The van der Waals surface area contributed by atoms with E-state index in [9.17, 15) is 24.0 Å². The number of unbranched alkanes of at least 4 members (excludes halogenated alkanes) is 1. The number of esters is 1. The fourth-order valence-corrected chi connectivity index (χ4v) is 3.86. The second-order valence-corrected chi connectivity index (χ2v) is 10.2. The molecule has 0 aliphatic heterocycles. The number of hydrogen-bond acceptors (Lipinski definition) is 7. The van der Waals surface area contributed by atoms with Gasteiger partial charge >= 0.3 is 12.1 Å². The van der Waals surface area contributed by atoms with Gasteiger partial charge in [-0.25, -0.2) is 4.79 Å². The Hall–Kier alpha value is -3.63. The van der Waals surface area contributed by atoms with Gasteiger partial charge in [0.25, 0.3) is 0 Å². The van der Waals surface area contributed by atoms with Crippen molar-refractivity contribution < 1.29 is 33.4 Å². The van der Waals surface area contributed by atoms with Gasteiger partial charge in [-0.1, -0.05) is 42.7 Å². The van der Waals surface area contributed by atoms with Crippen molar-refractivity contribution in [3.8, 4) is 0 Å². The molecule has 1 rings (SSSR count). The summed E-state index contributed by atoms with van der Waals surface area (Å²) >= 11 is 0. The third kappa shape index (κ3) is 11.2. The van der Waals surface area contributed by atoms with E-state index in [0.717, 1.165) is 17.5 Å². The second-order valence-electron chi connectivity index (χ2n) is 10.2. The Morgan fingerprint density at radius 3 is 2.16 bits per heavy atom. The SMILES string of the molecule is CCCCN(C(=O)C(CCC(N)=O)NC(=O)OC(C)(C)C)C(C(=O)NCC(=O)OC)c1cc(C)cc(C)c1. The summed E-state index contributed by atoms with van der Waals surface area (Å²) in [6.45, 7) is 10.5. The number of carbonyl (C=O) groups is 5. The van der Waals surface area contributed by atoms with Crippen LogP contribution in [-0.2, 0) is 28.7 Å². The van der Waals surface area contributed by atoms with Gasteiger partial charge in [0, 0.05) is 13.0 Å². The molecule has 38 heavy (non-hydrogen) atoms. The fourth-order valence-electron chi connectivity index (χ4n) is 3.86. The van der Waals surface area contributed by atoms with E-state index in [-0.39, 0.29) is 25.9 Å². The zero-order valence-corrected chi connectivity index (χ0v) is 23.5. The van der Waals surface area contributed by atoms with Crippen LogP contribution in [0.5, 0.6) is 0 Å². The number of alkyl carbamates (subject to hydrolysis) is 1. The first-order valence-corrected chi connectivity index (χ1v) is 12.7. The van der Waals surface area contributed by atoms with Gasteiger partial charge in [-0.05, 0) is 53.0 Å². The molecule has 0 saturated heterocycles. The molecule has 0 bridgehead atoms. The van der Waals surface area contributed by atoms with Crippen LogP contribution in [0.3, 0.4) is 0 Å². The van der Waals surface area contributed by atoms with Crippen molar-refractivity contribution in [1.82, 2.24) is 15.5 Å². The van der Waals surface area contributed by atoms with Crippen LogP contribution in [0.2, 0.25) is 0 Å². The molecule has 0 aromatic heterocycles. The van der Waals surface area contributed by atoms with Gasteiger partial charge in [0.15, 0.2) is 0 Å². The predicted molar refractivity (Wildman–Crippen MR) is 142 cm³/mol. The third-order valence-corrected chi connectivity index (χ3v) is 5.46. The minimum Gasteiger partial charge on any atom is -0.468 e. The maximum Gasteiger partial charge on any atom is 0.408 e. The summed E-state index contributed by atoms with van der Waals surface area (Å²) in [4.78, 5) is 64.7. The van der Waals surface area contributed by atoms with E-state index in [1.807, 2.05) is 26.8 Å². The zero-order valence-electron chi connectivity index (χ0n) is 23.5. The molecular formula is C27H42N4O7. The summed E-state index contributed by atoms with van der Waals surface area (Å²) < 4.78 is 9.95. The van der Waals surface area contributed by atoms with E-state index in [1.165, 1.54) is 12.0 Å². The normalized spacial score (nSPS) is 12.6. The molecule has 0 fully saturated rings. The summed E-state index contributed by atoms with van der Waals surface area (Å²) in [5.41, 5.74) is 6.81. The predicted octanol–water partition coefficient (Wildman–Crippen LogP) is 2.42. The van der Waals surface area contributed by atoms with Gasteiger partial charge in [-0.3, -0.25) is 19.2 Å². The number of nitrogens with one attached hydrogen (secondary N) is 2. The molecule has 212 valence electrons. The molecule has 0 heterocycles. The number of ether oxygens (including phenoxy) is 2. The molecule has 0 radical (unpaired) electrons. The smallest absolute Gasteiger partial charge is 0.408 e. The van der Waals surface area contributed by atoms with Gasteiger partial charge in [-0.15, -0.1) is 0 Å². The highest BCUT2D eigenvalue weighted by Gasteiger charge is 2.36. The summed E-state index contributed by atoms with van der Waals surface area (Å²) in [6.07, 6.45) is 0.190. The van der Waals surface area contributed by atoms with Crippen LogP contribution in [-0.4, -0.2) is 66.5 Å². The molecule has 1 aromatic rings. The van der Waals surface area contributed by atoms with Crippen molar-refractivity contribution >= 4 is 29.8 Å². The lowest BCUT2D eigenvalue weighted by atomic mass is 9.97. The number of rotatable bonds is 13. The highest BCUT2D eigenvalue weighted by Crippen LogP contribution is 2.26. The van der Waals surface area contributed by atoms with Crippen LogP contribution in [0.1, 0.15) is 76.1 Å². The largest absolute Gasteiger partial charge is 0.468 e. The van der Waals surface area contributed by atoms with E-state index in [2.05, 4.69) is 15.4 Å². The zero-order chi connectivity index (χ0) is 29.0. The van der Waals surface area contributed by atoms with Crippen molar-refractivity contribution in [3.63, 3.8) is 0 Å². The van der Waals surface area contributed by atoms with Crippen molar-refractivity contribution in [2.75, 3.05) is 20.2 Å². The average Bonchev–Trinajstić information content (AvgIpc) is 2.80. The molecule has 11 heteroatoms. The number of hydrogen-bond donors (Lipinski definition) is 3. The maximum absolute atomic E-state index is 14.0. The van der Waals surface area contributed by atoms with Gasteiger partial charge < -0.3 is 30.7 Å². The molecule has 1 aromatic carbocycles. The summed E-state index contributed by atoms with van der Waals surface area (Å²) in [5.74, 6) is -2.45. The molecule has 4 N–H and O–H groups in total. The Bertz CT molecular complexity index is 983. The summed E-state index contributed by atoms with van der Waals surface area (Å²) in [7, 11) is 1.21. The standard InChI is InChI=1S/C27H42N4O7/c1-8-9-12-31(25(35)20(10-11-21(28)32)30-26(36)38-27(4,5)6)23(24(34)29-16-22(33)37-7)19-14-17(2)13-18(3)15-19/h13-15,20,23H,8-12,16H2,1-7H3,(H2,28,32)(H,29,34)(H,30,36). The van der Waals surface area contributed by atoms with E-state index < -0.39 is 47.5 Å². The van der Waals surface area contributed by atoms with Gasteiger partial charge in [0.1, 0.15) is 24.2 Å². The van der Waals surface area contributed by atoms with Gasteiger partial charge in [0.05, 0.1) is 7.11 Å². The third-order valence-electron chi connectivity index (χ3n) is 5.46. The molecule has 0 spiro atoms. The Morgan fingerprint density at radius 2 is 1.66 bits per heavy atom. The van der Waals surface area contributed by atoms with Crippen LogP contribution in [0, 0.1) is 13.8 Å². The monoisotopic (exact) mass is 534 g/mol. The summed E-state index contributed by atoms with van der Waals surface area (Å²) in [5, 5.41) is 5.10. The maximum atomic E-state index is 14.0.